The minimum absolute atomic E-state index is 0.0177. The number of anilines is 1. The van der Waals surface area contributed by atoms with Gasteiger partial charge in [0, 0.05) is 12.2 Å². The molecule has 7 nitrogen and oxygen atoms in total. The summed E-state index contributed by atoms with van der Waals surface area (Å²) in [6.45, 7) is 0.290. The van der Waals surface area contributed by atoms with Crippen molar-refractivity contribution < 1.29 is 24.2 Å². The molecule has 0 radical (unpaired) electrons. The molecule has 0 aliphatic rings. The standard InChI is InChI=1S/C19H18N2O5/c1-26-17(22)11-16(18(23)20-12-13-5-3-2-4-6-13)21-15-9-7-14(8-10-15)19(24)25/h2-11,21H,12H2,1H3,(H,20,23)(H,24,25)/b16-11+. The Morgan fingerprint density at radius 1 is 1.04 bits per heavy atom. The van der Waals surface area contributed by atoms with Gasteiger partial charge in [-0.3, -0.25) is 4.79 Å². The van der Waals surface area contributed by atoms with Gasteiger partial charge in [0.2, 0.25) is 0 Å². The van der Waals surface area contributed by atoms with Gasteiger partial charge < -0.3 is 20.5 Å². The Morgan fingerprint density at radius 2 is 1.69 bits per heavy atom. The normalized spacial score (nSPS) is 10.7. The van der Waals surface area contributed by atoms with Crippen LogP contribution in [0.2, 0.25) is 0 Å². The van der Waals surface area contributed by atoms with Crippen molar-refractivity contribution in [3.8, 4) is 0 Å². The first kappa shape index (κ1) is 18.7. The molecule has 2 aromatic rings. The number of hydrogen-bond acceptors (Lipinski definition) is 5. The van der Waals surface area contributed by atoms with Crippen LogP contribution in [0.25, 0.3) is 0 Å². The third kappa shape index (κ3) is 5.48. The number of carboxylic acid groups (broad SMARTS) is 1. The molecule has 0 saturated carbocycles. The van der Waals surface area contributed by atoms with Crippen LogP contribution in [0.1, 0.15) is 15.9 Å². The van der Waals surface area contributed by atoms with E-state index in [1.807, 2.05) is 30.3 Å². The highest BCUT2D eigenvalue weighted by Gasteiger charge is 2.13. The monoisotopic (exact) mass is 354 g/mol. The molecule has 3 N–H and O–H groups in total. The van der Waals surface area contributed by atoms with E-state index >= 15 is 0 Å². The molecule has 0 aliphatic heterocycles. The molecule has 0 aromatic heterocycles. The van der Waals surface area contributed by atoms with Gasteiger partial charge in [0.15, 0.2) is 0 Å². The maximum atomic E-state index is 12.4. The highest BCUT2D eigenvalue weighted by molar-refractivity contribution is 6.01. The van der Waals surface area contributed by atoms with Crippen molar-refractivity contribution in [3.63, 3.8) is 0 Å². The van der Waals surface area contributed by atoms with E-state index in [4.69, 9.17) is 5.11 Å². The van der Waals surface area contributed by atoms with Crippen molar-refractivity contribution in [2.45, 2.75) is 6.54 Å². The van der Waals surface area contributed by atoms with Crippen molar-refractivity contribution in [3.05, 3.63) is 77.5 Å². The first-order chi connectivity index (χ1) is 12.5. The molecule has 26 heavy (non-hydrogen) atoms. The predicted octanol–water partition coefficient (Wildman–Crippen LogP) is 2.17. The topological polar surface area (TPSA) is 105 Å². The molecule has 0 bridgehead atoms. The Labute approximate surface area is 150 Å². The third-order valence-electron chi connectivity index (χ3n) is 3.41. The van der Waals surface area contributed by atoms with Crippen molar-refractivity contribution >= 4 is 23.5 Å². The van der Waals surface area contributed by atoms with Crippen molar-refractivity contribution in [1.82, 2.24) is 5.32 Å². The van der Waals surface area contributed by atoms with Crippen LogP contribution < -0.4 is 10.6 Å². The molecule has 0 saturated heterocycles. The summed E-state index contributed by atoms with van der Waals surface area (Å²) in [5, 5.41) is 14.4. The summed E-state index contributed by atoms with van der Waals surface area (Å²) in [5.41, 5.74) is 1.46. The minimum Gasteiger partial charge on any atom is -0.478 e. The van der Waals surface area contributed by atoms with E-state index in [1.54, 1.807) is 0 Å². The number of rotatable bonds is 7. The average molecular weight is 354 g/mol. The molecule has 2 rings (SSSR count). The summed E-state index contributed by atoms with van der Waals surface area (Å²) in [6, 6.07) is 15.1. The molecular formula is C19H18N2O5. The summed E-state index contributed by atoms with van der Waals surface area (Å²) in [6.07, 6.45) is 1.03. The second-order valence-corrected chi connectivity index (χ2v) is 5.26. The van der Waals surface area contributed by atoms with E-state index in [9.17, 15) is 14.4 Å². The fourth-order valence-electron chi connectivity index (χ4n) is 2.06. The van der Waals surface area contributed by atoms with Gasteiger partial charge in [0.1, 0.15) is 5.70 Å². The number of ether oxygens (including phenoxy) is 1. The van der Waals surface area contributed by atoms with Crippen molar-refractivity contribution in [2.24, 2.45) is 0 Å². The van der Waals surface area contributed by atoms with Crippen LogP contribution in [0, 0.1) is 0 Å². The summed E-state index contributed by atoms with van der Waals surface area (Å²) in [4.78, 5) is 34.8. The molecule has 0 spiro atoms. The molecule has 134 valence electrons. The smallest absolute Gasteiger partial charge is 0.335 e. The Kier molecular flexibility index (Phi) is 6.50. The zero-order valence-corrected chi connectivity index (χ0v) is 14.1. The van der Waals surface area contributed by atoms with Crippen molar-refractivity contribution in [2.75, 3.05) is 12.4 Å². The summed E-state index contributed by atoms with van der Waals surface area (Å²) >= 11 is 0. The molecular weight excluding hydrogens is 336 g/mol. The van der Waals surface area contributed by atoms with Crippen molar-refractivity contribution in [1.29, 1.82) is 0 Å². The lowest BCUT2D eigenvalue weighted by Crippen LogP contribution is -2.28. The third-order valence-corrected chi connectivity index (χ3v) is 3.41. The molecule has 0 atom stereocenters. The zero-order chi connectivity index (χ0) is 18.9. The van der Waals surface area contributed by atoms with Crippen LogP contribution in [0.5, 0.6) is 0 Å². The Morgan fingerprint density at radius 3 is 2.27 bits per heavy atom. The number of hydrogen-bond donors (Lipinski definition) is 3. The number of carbonyl (C=O) groups excluding carboxylic acids is 2. The van der Waals surface area contributed by atoms with E-state index in [0.29, 0.717) is 5.69 Å². The quantitative estimate of drug-likeness (QED) is 0.520. The van der Waals surface area contributed by atoms with Gasteiger partial charge in [-0.15, -0.1) is 0 Å². The number of esters is 1. The van der Waals surface area contributed by atoms with Gasteiger partial charge in [-0.25, -0.2) is 9.59 Å². The van der Waals surface area contributed by atoms with Gasteiger partial charge in [-0.1, -0.05) is 30.3 Å². The van der Waals surface area contributed by atoms with Crippen LogP contribution in [-0.4, -0.2) is 30.1 Å². The number of carboxylic acids is 1. The van der Waals surface area contributed by atoms with E-state index in [-0.39, 0.29) is 17.8 Å². The largest absolute Gasteiger partial charge is 0.478 e. The summed E-state index contributed by atoms with van der Waals surface area (Å²) in [7, 11) is 1.21. The molecule has 0 aliphatic carbocycles. The van der Waals surface area contributed by atoms with Gasteiger partial charge in [0.25, 0.3) is 5.91 Å². The van der Waals surface area contributed by atoms with E-state index in [1.165, 1.54) is 31.4 Å². The number of nitrogens with one attached hydrogen (secondary N) is 2. The van der Waals surface area contributed by atoms with E-state index in [2.05, 4.69) is 15.4 Å². The van der Waals surface area contributed by atoms with E-state index in [0.717, 1.165) is 11.6 Å². The number of methoxy groups -OCH3 is 1. The second-order valence-electron chi connectivity index (χ2n) is 5.26. The lowest BCUT2D eigenvalue weighted by molar-refractivity contribution is -0.135. The highest BCUT2D eigenvalue weighted by Crippen LogP contribution is 2.13. The number of benzene rings is 2. The summed E-state index contributed by atoms with van der Waals surface area (Å²) < 4.78 is 4.57. The van der Waals surface area contributed by atoms with Gasteiger partial charge in [-0.2, -0.15) is 0 Å². The molecule has 0 fully saturated rings. The Hall–Kier alpha value is -3.61. The predicted molar refractivity (Wildman–Crippen MR) is 95.4 cm³/mol. The number of amides is 1. The first-order valence-corrected chi connectivity index (χ1v) is 7.71. The second kappa shape index (κ2) is 9.03. The van der Waals surface area contributed by atoms with Gasteiger partial charge in [0.05, 0.1) is 18.7 Å². The fraction of sp³-hybridized carbons (Fsp3) is 0.105. The molecule has 0 heterocycles. The Balaban J connectivity index is 2.12. The van der Waals surface area contributed by atoms with Crippen LogP contribution in [0.4, 0.5) is 5.69 Å². The summed E-state index contributed by atoms with van der Waals surface area (Å²) in [5.74, 6) is -2.24. The first-order valence-electron chi connectivity index (χ1n) is 7.71. The van der Waals surface area contributed by atoms with Gasteiger partial charge >= 0.3 is 11.9 Å². The molecule has 1 amide bonds. The van der Waals surface area contributed by atoms with Crippen LogP contribution >= 0.6 is 0 Å². The maximum Gasteiger partial charge on any atom is 0.335 e. The molecule has 0 unspecified atom stereocenters. The number of aromatic carboxylic acids is 1. The number of carbonyl (C=O) groups is 3. The minimum atomic E-state index is -1.05. The van der Waals surface area contributed by atoms with Crippen LogP contribution in [0.3, 0.4) is 0 Å². The van der Waals surface area contributed by atoms with Crippen LogP contribution in [0.15, 0.2) is 66.4 Å². The van der Waals surface area contributed by atoms with Gasteiger partial charge in [-0.05, 0) is 29.8 Å². The van der Waals surface area contributed by atoms with Crippen LogP contribution in [-0.2, 0) is 20.9 Å². The average Bonchev–Trinajstić information content (AvgIpc) is 2.66. The molecule has 2 aromatic carbocycles. The Bertz CT molecular complexity index is 814. The fourth-order valence-corrected chi connectivity index (χ4v) is 2.06. The maximum absolute atomic E-state index is 12.4. The highest BCUT2D eigenvalue weighted by atomic mass is 16.5. The lowest BCUT2D eigenvalue weighted by atomic mass is 10.2. The zero-order valence-electron chi connectivity index (χ0n) is 14.1. The lowest BCUT2D eigenvalue weighted by Gasteiger charge is -2.12. The van der Waals surface area contributed by atoms with E-state index < -0.39 is 17.8 Å². The molecule has 7 heteroatoms. The SMILES string of the molecule is COC(=O)/C=C(/Nc1ccc(C(=O)O)cc1)C(=O)NCc1ccccc1.